The minimum absolute atomic E-state index is 0.209. The van der Waals surface area contributed by atoms with Gasteiger partial charge in [0.2, 0.25) is 5.91 Å². The van der Waals surface area contributed by atoms with E-state index in [1.807, 2.05) is 17.9 Å². The van der Waals surface area contributed by atoms with Crippen LogP contribution in [0.2, 0.25) is 0 Å². The Kier molecular flexibility index (Phi) is 2.92. The summed E-state index contributed by atoms with van der Waals surface area (Å²) in [5.41, 5.74) is 4.88. The molecule has 1 aromatic rings. The van der Waals surface area contributed by atoms with Crippen molar-refractivity contribution in [1.29, 1.82) is 0 Å². The Bertz CT molecular complexity index is 513. The number of carbonyl (C=O) groups is 1. The van der Waals surface area contributed by atoms with E-state index in [4.69, 9.17) is 0 Å². The monoisotopic (exact) mass is 242 g/mol. The molecule has 0 atom stereocenters. The molecule has 0 saturated carbocycles. The first-order chi connectivity index (χ1) is 8.75. The van der Waals surface area contributed by atoms with Crippen LogP contribution < -0.4 is 5.32 Å². The summed E-state index contributed by atoms with van der Waals surface area (Å²) in [6, 6.07) is 8.41. The highest BCUT2D eigenvalue weighted by Gasteiger charge is 2.24. The van der Waals surface area contributed by atoms with Gasteiger partial charge in [-0.3, -0.25) is 4.79 Å². The van der Waals surface area contributed by atoms with Crippen molar-refractivity contribution in [3.8, 4) is 0 Å². The molecule has 0 radical (unpaired) electrons. The summed E-state index contributed by atoms with van der Waals surface area (Å²) >= 11 is 0. The molecule has 0 aromatic heterocycles. The van der Waals surface area contributed by atoms with Crippen molar-refractivity contribution in [3.05, 3.63) is 46.5 Å². The Hall–Kier alpha value is -1.61. The van der Waals surface area contributed by atoms with E-state index in [-0.39, 0.29) is 5.91 Å². The van der Waals surface area contributed by atoms with Crippen LogP contribution in [0.1, 0.15) is 18.1 Å². The minimum atomic E-state index is 0.209. The number of nitrogens with zero attached hydrogens (tertiary/aromatic N) is 1. The molecular formula is C15H18N2O. The quantitative estimate of drug-likeness (QED) is 0.757. The summed E-state index contributed by atoms with van der Waals surface area (Å²) in [5.74, 6) is 0.209. The molecule has 3 heteroatoms. The number of carbonyl (C=O) groups excluding carboxylic acids is 1. The van der Waals surface area contributed by atoms with Gasteiger partial charge in [-0.1, -0.05) is 24.3 Å². The lowest BCUT2D eigenvalue weighted by molar-refractivity contribution is -0.128. The Morgan fingerprint density at radius 3 is 2.61 bits per heavy atom. The van der Waals surface area contributed by atoms with E-state index in [0.717, 1.165) is 38.2 Å². The number of benzene rings is 1. The molecule has 94 valence electrons. The normalized spacial score (nSPS) is 18.1. The molecule has 0 spiro atoms. The largest absolute Gasteiger partial charge is 0.334 e. The first-order valence-electron chi connectivity index (χ1n) is 6.51. The number of rotatable bonds is 1. The van der Waals surface area contributed by atoms with Crippen LogP contribution in [-0.2, 0) is 17.8 Å². The van der Waals surface area contributed by atoms with E-state index in [1.54, 1.807) is 0 Å². The lowest BCUT2D eigenvalue weighted by atomic mass is 9.98. The molecule has 1 fully saturated rings. The fourth-order valence-electron chi connectivity index (χ4n) is 2.57. The van der Waals surface area contributed by atoms with Gasteiger partial charge in [-0.2, -0.15) is 0 Å². The third-order valence-electron chi connectivity index (χ3n) is 3.95. The second-order valence-corrected chi connectivity index (χ2v) is 5.08. The van der Waals surface area contributed by atoms with E-state index in [2.05, 4.69) is 23.5 Å². The van der Waals surface area contributed by atoms with Crippen LogP contribution in [0.25, 0.3) is 0 Å². The molecule has 3 nitrogen and oxygen atoms in total. The highest BCUT2D eigenvalue weighted by Crippen LogP contribution is 2.21. The Morgan fingerprint density at radius 2 is 1.94 bits per heavy atom. The third-order valence-corrected chi connectivity index (χ3v) is 3.95. The molecule has 2 heterocycles. The molecular weight excluding hydrogens is 224 g/mol. The Balaban J connectivity index is 1.78. The topological polar surface area (TPSA) is 32.3 Å². The molecule has 0 aliphatic carbocycles. The van der Waals surface area contributed by atoms with E-state index >= 15 is 0 Å². The maximum atomic E-state index is 12.4. The van der Waals surface area contributed by atoms with Crippen LogP contribution in [0.4, 0.5) is 0 Å². The predicted molar refractivity (Wildman–Crippen MR) is 71.1 cm³/mol. The van der Waals surface area contributed by atoms with Gasteiger partial charge in [-0.05, 0) is 30.0 Å². The van der Waals surface area contributed by atoms with Gasteiger partial charge in [0, 0.05) is 31.8 Å². The summed E-state index contributed by atoms with van der Waals surface area (Å²) in [4.78, 5) is 14.4. The zero-order valence-electron chi connectivity index (χ0n) is 10.7. The summed E-state index contributed by atoms with van der Waals surface area (Å²) in [6.07, 6.45) is 0.975. The van der Waals surface area contributed by atoms with Crippen molar-refractivity contribution >= 4 is 5.91 Å². The van der Waals surface area contributed by atoms with Gasteiger partial charge < -0.3 is 10.2 Å². The lowest BCUT2D eigenvalue weighted by Crippen LogP contribution is -2.40. The number of nitrogens with one attached hydrogen (secondary N) is 1. The SMILES string of the molecule is CC(C(=O)N1CCc2ccccc2C1)=C1CNC1. The Morgan fingerprint density at radius 1 is 1.22 bits per heavy atom. The average Bonchev–Trinajstić information content (AvgIpc) is 2.35. The number of fused-ring (bicyclic) bond motifs is 1. The smallest absolute Gasteiger partial charge is 0.249 e. The van der Waals surface area contributed by atoms with Crippen molar-refractivity contribution in [2.24, 2.45) is 0 Å². The van der Waals surface area contributed by atoms with E-state index < -0.39 is 0 Å². The highest BCUT2D eigenvalue weighted by atomic mass is 16.2. The van der Waals surface area contributed by atoms with Crippen molar-refractivity contribution in [2.75, 3.05) is 19.6 Å². The number of amides is 1. The molecule has 3 rings (SSSR count). The molecule has 1 N–H and O–H groups in total. The fourth-order valence-corrected chi connectivity index (χ4v) is 2.57. The molecule has 1 saturated heterocycles. The Labute approximate surface area is 107 Å². The van der Waals surface area contributed by atoms with E-state index in [9.17, 15) is 4.79 Å². The first kappa shape index (κ1) is 11.5. The third kappa shape index (κ3) is 1.95. The van der Waals surface area contributed by atoms with Crippen LogP contribution in [-0.4, -0.2) is 30.4 Å². The molecule has 1 aromatic carbocycles. The van der Waals surface area contributed by atoms with Crippen molar-refractivity contribution in [1.82, 2.24) is 10.2 Å². The lowest BCUT2D eigenvalue weighted by Gasteiger charge is -2.31. The maximum Gasteiger partial charge on any atom is 0.249 e. The van der Waals surface area contributed by atoms with E-state index in [0.29, 0.717) is 0 Å². The average molecular weight is 242 g/mol. The zero-order chi connectivity index (χ0) is 12.5. The van der Waals surface area contributed by atoms with Crippen LogP contribution in [0.5, 0.6) is 0 Å². The molecule has 2 aliphatic rings. The van der Waals surface area contributed by atoms with Gasteiger partial charge >= 0.3 is 0 Å². The number of hydrogen-bond donors (Lipinski definition) is 1. The summed E-state index contributed by atoms with van der Waals surface area (Å²) in [7, 11) is 0. The van der Waals surface area contributed by atoms with Crippen LogP contribution >= 0.6 is 0 Å². The molecule has 18 heavy (non-hydrogen) atoms. The standard InChI is InChI=1S/C15H18N2O/c1-11(14-8-16-9-14)15(18)17-7-6-12-4-2-3-5-13(12)10-17/h2-5,16H,6-10H2,1H3. The summed E-state index contributed by atoms with van der Waals surface area (Å²) in [6.45, 7) is 5.31. The molecule has 1 amide bonds. The van der Waals surface area contributed by atoms with Gasteiger partial charge in [-0.25, -0.2) is 0 Å². The van der Waals surface area contributed by atoms with Gasteiger partial charge in [0.25, 0.3) is 0 Å². The molecule has 0 bridgehead atoms. The maximum absolute atomic E-state index is 12.4. The second-order valence-electron chi connectivity index (χ2n) is 5.08. The number of hydrogen-bond acceptors (Lipinski definition) is 2. The van der Waals surface area contributed by atoms with Crippen LogP contribution in [0.15, 0.2) is 35.4 Å². The molecule has 0 unspecified atom stereocenters. The minimum Gasteiger partial charge on any atom is -0.334 e. The second kappa shape index (κ2) is 4.58. The molecule has 2 aliphatic heterocycles. The summed E-state index contributed by atoms with van der Waals surface area (Å²) in [5, 5.41) is 3.19. The van der Waals surface area contributed by atoms with Gasteiger partial charge in [0.1, 0.15) is 0 Å². The van der Waals surface area contributed by atoms with E-state index in [1.165, 1.54) is 16.7 Å². The zero-order valence-corrected chi connectivity index (χ0v) is 10.7. The summed E-state index contributed by atoms with van der Waals surface area (Å²) < 4.78 is 0. The first-order valence-corrected chi connectivity index (χ1v) is 6.51. The fraction of sp³-hybridized carbons (Fsp3) is 0.400. The van der Waals surface area contributed by atoms with Crippen LogP contribution in [0.3, 0.4) is 0 Å². The van der Waals surface area contributed by atoms with Crippen LogP contribution in [0, 0.1) is 0 Å². The predicted octanol–water partition coefficient (Wildman–Crippen LogP) is 1.49. The van der Waals surface area contributed by atoms with Gasteiger partial charge in [-0.15, -0.1) is 0 Å². The highest BCUT2D eigenvalue weighted by molar-refractivity contribution is 5.94. The van der Waals surface area contributed by atoms with Crippen molar-refractivity contribution in [3.63, 3.8) is 0 Å². The van der Waals surface area contributed by atoms with Gasteiger partial charge in [0.15, 0.2) is 0 Å². The van der Waals surface area contributed by atoms with Crippen molar-refractivity contribution < 1.29 is 4.79 Å². The van der Waals surface area contributed by atoms with Crippen molar-refractivity contribution in [2.45, 2.75) is 19.9 Å². The van der Waals surface area contributed by atoms with Gasteiger partial charge in [0.05, 0.1) is 0 Å².